The Balaban J connectivity index is 2.68. The van der Waals surface area contributed by atoms with Crippen LogP contribution in [0.15, 0.2) is 17.0 Å². The molecule has 0 aliphatic heterocycles. The summed E-state index contributed by atoms with van der Waals surface area (Å²) in [6.45, 7) is 5.72. The summed E-state index contributed by atoms with van der Waals surface area (Å²) >= 11 is 3.16. The maximum Gasteiger partial charge on any atom is 0.243 e. The molecule has 1 amide bonds. The van der Waals surface area contributed by atoms with Gasteiger partial charge in [-0.2, -0.15) is 0 Å². The van der Waals surface area contributed by atoms with Crippen LogP contribution in [0.5, 0.6) is 0 Å². The molecule has 1 aromatic rings. The highest BCUT2D eigenvalue weighted by Crippen LogP contribution is 2.18. The van der Waals surface area contributed by atoms with E-state index in [1.807, 2.05) is 20.8 Å². The van der Waals surface area contributed by atoms with Gasteiger partial charge in [-0.1, -0.05) is 20.8 Å². The second kappa shape index (κ2) is 4.88. The van der Waals surface area contributed by atoms with Crippen molar-refractivity contribution in [2.24, 2.45) is 11.1 Å². The monoisotopic (exact) mass is 286 g/mol. The topological polar surface area (TPSA) is 80.9 Å². The van der Waals surface area contributed by atoms with Gasteiger partial charge < -0.3 is 11.1 Å². The van der Waals surface area contributed by atoms with E-state index >= 15 is 0 Å². The molecule has 1 atom stereocenters. The van der Waals surface area contributed by atoms with E-state index in [9.17, 15) is 4.79 Å². The van der Waals surface area contributed by atoms with Gasteiger partial charge in [-0.3, -0.25) is 4.79 Å². The SMILES string of the molecule is CC(C)(C)[C@@H](N)C(=O)Nc1cnc(Br)cn1. The zero-order valence-corrected chi connectivity index (χ0v) is 11.1. The Morgan fingerprint density at radius 3 is 2.50 bits per heavy atom. The fourth-order valence-corrected chi connectivity index (χ4v) is 1.18. The normalized spacial score (nSPS) is 13.3. The van der Waals surface area contributed by atoms with Crippen molar-refractivity contribution in [1.82, 2.24) is 9.97 Å². The van der Waals surface area contributed by atoms with Gasteiger partial charge in [0.1, 0.15) is 4.60 Å². The van der Waals surface area contributed by atoms with Gasteiger partial charge in [-0.15, -0.1) is 0 Å². The third-order valence-corrected chi connectivity index (χ3v) is 2.50. The lowest BCUT2D eigenvalue weighted by molar-refractivity contribution is -0.119. The van der Waals surface area contributed by atoms with Crippen LogP contribution in [0, 0.1) is 5.41 Å². The number of anilines is 1. The van der Waals surface area contributed by atoms with Crippen molar-refractivity contribution in [1.29, 1.82) is 0 Å². The molecular weight excluding hydrogens is 272 g/mol. The van der Waals surface area contributed by atoms with Crippen LogP contribution in [-0.4, -0.2) is 21.9 Å². The van der Waals surface area contributed by atoms with Gasteiger partial charge >= 0.3 is 0 Å². The molecule has 0 radical (unpaired) electrons. The second-order valence-electron chi connectivity index (χ2n) is 4.56. The van der Waals surface area contributed by atoms with E-state index in [0.717, 1.165) is 0 Å². The Morgan fingerprint density at radius 1 is 1.44 bits per heavy atom. The molecule has 16 heavy (non-hydrogen) atoms. The fraction of sp³-hybridized carbons (Fsp3) is 0.500. The average Bonchev–Trinajstić information content (AvgIpc) is 2.19. The summed E-state index contributed by atoms with van der Waals surface area (Å²) in [5.74, 6) is 0.136. The lowest BCUT2D eigenvalue weighted by Crippen LogP contribution is -2.45. The fourth-order valence-electron chi connectivity index (χ4n) is 0.974. The molecule has 0 bridgehead atoms. The van der Waals surface area contributed by atoms with E-state index in [0.29, 0.717) is 10.4 Å². The Bertz CT molecular complexity index is 371. The number of aromatic nitrogens is 2. The first-order valence-corrected chi connectivity index (χ1v) is 5.64. The minimum absolute atomic E-state index is 0.260. The van der Waals surface area contributed by atoms with Crippen molar-refractivity contribution >= 4 is 27.7 Å². The Hall–Kier alpha value is -1.01. The summed E-state index contributed by atoms with van der Waals surface area (Å²) in [5, 5.41) is 2.62. The summed E-state index contributed by atoms with van der Waals surface area (Å²) in [5.41, 5.74) is 5.52. The molecule has 88 valence electrons. The molecule has 0 aliphatic carbocycles. The predicted octanol–water partition coefficient (Wildman–Crippen LogP) is 1.55. The zero-order valence-electron chi connectivity index (χ0n) is 9.49. The van der Waals surface area contributed by atoms with Crippen molar-refractivity contribution < 1.29 is 4.79 Å². The van der Waals surface area contributed by atoms with Gasteiger partial charge in [-0.25, -0.2) is 9.97 Å². The maximum atomic E-state index is 11.7. The predicted molar refractivity (Wildman–Crippen MR) is 65.8 cm³/mol. The molecule has 6 heteroatoms. The zero-order chi connectivity index (χ0) is 12.3. The Labute approximate surface area is 103 Å². The summed E-state index contributed by atoms with van der Waals surface area (Å²) in [7, 11) is 0. The summed E-state index contributed by atoms with van der Waals surface area (Å²) in [4.78, 5) is 19.7. The summed E-state index contributed by atoms with van der Waals surface area (Å²) in [6.07, 6.45) is 2.98. The standard InChI is InChI=1S/C10H15BrN4O/c1-10(2,3)8(12)9(16)15-7-5-13-6(11)4-14-7/h4-5,8H,12H2,1-3H3,(H,14,15,16)/t8-/m0/s1. The van der Waals surface area contributed by atoms with Gasteiger partial charge in [0.05, 0.1) is 18.4 Å². The Kier molecular flexibility index (Phi) is 3.98. The van der Waals surface area contributed by atoms with Crippen LogP contribution in [0.3, 0.4) is 0 Å². The molecule has 1 heterocycles. The molecule has 5 nitrogen and oxygen atoms in total. The number of nitrogens with zero attached hydrogens (tertiary/aromatic N) is 2. The minimum Gasteiger partial charge on any atom is -0.319 e. The lowest BCUT2D eigenvalue weighted by Gasteiger charge is -2.25. The van der Waals surface area contributed by atoms with Crippen LogP contribution in [0.4, 0.5) is 5.82 Å². The van der Waals surface area contributed by atoms with Crippen LogP contribution in [0.1, 0.15) is 20.8 Å². The largest absolute Gasteiger partial charge is 0.319 e. The number of halogens is 1. The van der Waals surface area contributed by atoms with Crippen molar-refractivity contribution in [3.63, 3.8) is 0 Å². The first-order chi connectivity index (χ1) is 7.30. The smallest absolute Gasteiger partial charge is 0.243 e. The van der Waals surface area contributed by atoms with Gasteiger partial charge in [0.15, 0.2) is 5.82 Å². The summed E-state index contributed by atoms with van der Waals surface area (Å²) < 4.78 is 0.616. The number of nitrogens with one attached hydrogen (secondary N) is 1. The number of rotatable bonds is 2. The molecule has 0 fully saturated rings. The molecule has 0 aromatic carbocycles. The molecule has 0 unspecified atom stereocenters. The van der Waals surface area contributed by atoms with Crippen molar-refractivity contribution in [2.45, 2.75) is 26.8 Å². The number of hydrogen-bond donors (Lipinski definition) is 2. The van der Waals surface area contributed by atoms with Crippen molar-refractivity contribution in [2.75, 3.05) is 5.32 Å². The number of carbonyl (C=O) groups excluding carboxylic acids is 1. The van der Waals surface area contributed by atoms with Crippen LogP contribution >= 0.6 is 15.9 Å². The molecule has 3 N–H and O–H groups in total. The summed E-state index contributed by atoms with van der Waals surface area (Å²) in [6, 6.07) is -0.585. The van der Waals surface area contributed by atoms with Crippen LogP contribution in [0.25, 0.3) is 0 Å². The molecule has 0 aliphatic rings. The van der Waals surface area contributed by atoms with Crippen molar-refractivity contribution in [3.8, 4) is 0 Å². The van der Waals surface area contributed by atoms with Crippen LogP contribution in [0.2, 0.25) is 0 Å². The number of hydrogen-bond acceptors (Lipinski definition) is 4. The van der Waals surface area contributed by atoms with Crippen LogP contribution in [-0.2, 0) is 4.79 Å². The molecule has 1 rings (SSSR count). The van der Waals surface area contributed by atoms with Gasteiger partial charge in [-0.05, 0) is 21.3 Å². The highest BCUT2D eigenvalue weighted by Gasteiger charge is 2.27. The molecular formula is C10H15BrN4O. The lowest BCUT2D eigenvalue weighted by atomic mass is 9.87. The number of nitrogens with two attached hydrogens (primary N) is 1. The quantitative estimate of drug-likeness (QED) is 0.864. The van der Waals surface area contributed by atoms with E-state index in [2.05, 4.69) is 31.2 Å². The molecule has 0 saturated heterocycles. The van der Waals surface area contributed by atoms with E-state index in [-0.39, 0.29) is 11.3 Å². The van der Waals surface area contributed by atoms with Crippen molar-refractivity contribution in [3.05, 3.63) is 17.0 Å². The van der Waals surface area contributed by atoms with E-state index in [1.54, 1.807) is 0 Å². The van der Waals surface area contributed by atoms with E-state index in [1.165, 1.54) is 12.4 Å². The molecule has 0 spiro atoms. The Morgan fingerprint density at radius 2 is 2.06 bits per heavy atom. The van der Waals surface area contributed by atoms with Gasteiger partial charge in [0.25, 0.3) is 0 Å². The first kappa shape index (κ1) is 13.1. The van der Waals surface area contributed by atoms with Gasteiger partial charge in [0.2, 0.25) is 5.91 Å². The minimum atomic E-state index is -0.585. The molecule has 0 saturated carbocycles. The maximum absolute atomic E-state index is 11.7. The average molecular weight is 287 g/mol. The third-order valence-electron chi connectivity index (χ3n) is 2.09. The number of carbonyl (C=O) groups is 1. The van der Waals surface area contributed by atoms with Gasteiger partial charge in [0, 0.05) is 0 Å². The highest BCUT2D eigenvalue weighted by atomic mass is 79.9. The highest BCUT2D eigenvalue weighted by molar-refractivity contribution is 9.10. The second-order valence-corrected chi connectivity index (χ2v) is 5.37. The third kappa shape index (κ3) is 3.53. The van der Waals surface area contributed by atoms with E-state index < -0.39 is 6.04 Å². The number of amides is 1. The van der Waals surface area contributed by atoms with E-state index in [4.69, 9.17) is 5.73 Å². The van der Waals surface area contributed by atoms with Crippen LogP contribution < -0.4 is 11.1 Å². The molecule has 1 aromatic heterocycles. The first-order valence-electron chi connectivity index (χ1n) is 4.84.